The standard InChI is InChI=1S/C16H24FN/c1-4-13-11-18(12(2)3)10-9-16(13)14-5-7-15(17)8-6-14/h5-8,12-13,16H,4,9-11H2,1-3H3. The van der Waals surface area contributed by atoms with Gasteiger partial charge in [-0.2, -0.15) is 0 Å². The lowest BCUT2D eigenvalue weighted by Gasteiger charge is -2.40. The molecule has 1 saturated heterocycles. The van der Waals surface area contributed by atoms with E-state index in [0.717, 1.165) is 6.54 Å². The number of hydrogen-bond donors (Lipinski definition) is 0. The second-order valence-electron chi connectivity index (χ2n) is 5.70. The minimum atomic E-state index is -0.133. The van der Waals surface area contributed by atoms with Crippen LogP contribution in [0.2, 0.25) is 0 Å². The van der Waals surface area contributed by atoms with Gasteiger partial charge in [0.25, 0.3) is 0 Å². The van der Waals surface area contributed by atoms with E-state index < -0.39 is 0 Å². The lowest BCUT2D eigenvalue weighted by molar-refractivity contribution is 0.120. The molecule has 2 rings (SSSR count). The molecule has 0 aliphatic carbocycles. The highest BCUT2D eigenvalue weighted by atomic mass is 19.1. The van der Waals surface area contributed by atoms with Crippen LogP contribution in [0.5, 0.6) is 0 Å². The van der Waals surface area contributed by atoms with Crippen LogP contribution in [-0.4, -0.2) is 24.0 Å². The fourth-order valence-corrected chi connectivity index (χ4v) is 3.09. The highest BCUT2D eigenvalue weighted by Crippen LogP contribution is 2.35. The highest BCUT2D eigenvalue weighted by molar-refractivity contribution is 5.22. The van der Waals surface area contributed by atoms with Crippen LogP contribution in [0.3, 0.4) is 0 Å². The molecule has 0 amide bonds. The second-order valence-corrected chi connectivity index (χ2v) is 5.70. The molecule has 0 bridgehead atoms. The number of hydrogen-bond acceptors (Lipinski definition) is 1. The van der Waals surface area contributed by atoms with Crippen molar-refractivity contribution in [2.75, 3.05) is 13.1 Å². The van der Waals surface area contributed by atoms with Gasteiger partial charge in [-0.1, -0.05) is 25.5 Å². The lowest BCUT2D eigenvalue weighted by Crippen LogP contribution is -2.42. The molecule has 1 aliphatic rings. The lowest BCUT2D eigenvalue weighted by atomic mass is 9.79. The van der Waals surface area contributed by atoms with Gasteiger partial charge in [0.15, 0.2) is 0 Å². The molecule has 1 nitrogen and oxygen atoms in total. The Bertz CT molecular complexity index is 371. The summed E-state index contributed by atoms with van der Waals surface area (Å²) in [6.45, 7) is 9.15. The van der Waals surface area contributed by atoms with Crippen LogP contribution in [0.15, 0.2) is 24.3 Å². The van der Waals surface area contributed by atoms with Gasteiger partial charge in [0.2, 0.25) is 0 Å². The summed E-state index contributed by atoms with van der Waals surface area (Å²) in [5.41, 5.74) is 1.31. The molecule has 0 radical (unpaired) electrons. The number of piperidine rings is 1. The molecule has 1 aromatic rings. The molecule has 1 heterocycles. The van der Waals surface area contributed by atoms with Gasteiger partial charge in [-0.05, 0) is 56.3 Å². The van der Waals surface area contributed by atoms with Crippen LogP contribution < -0.4 is 0 Å². The Morgan fingerprint density at radius 3 is 2.50 bits per heavy atom. The van der Waals surface area contributed by atoms with E-state index in [1.807, 2.05) is 12.1 Å². The minimum absolute atomic E-state index is 0.133. The maximum atomic E-state index is 13.0. The Morgan fingerprint density at radius 1 is 1.28 bits per heavy atom. The molecule has 0 N–H and O–H groups in total. The first-order chi connectivity index (χ1) is 8.61. The van der Waals surface area contributed by atoms with E-state index >= 15 is 0 Å². The minimum Gasteiger partial charge on any atom is -0.301 e. The zero-order chi connectivity index (χ0) is 13.1. The van der Waals surface area contributed by atoms with E-state index in [1.165, 1.54) is 24.9 Å². The normalized spacial score (nSPS) is 25.6. The van der Waals surface area contributed by atoms with Gasteiger partial charge >= 0.3 is 0 Å². The van der Waals surface area contributed by atoms with Gasteiger partial charge < -0.3 is 4.90 Å². The van der Waals surface area contributed by atoms with Crippen molar-refractivity contribution in [1.82, 2.24) is 4.90 Å². The number of likely N-dealkylation sites (tertiary alicyclic amines) is 1. The summed E-state index contributed by atoms with van der Waals surface area (Å²) in [7, 11) is 0. The van der Waals surface area contributed by atoms with Crippen molar-refractivity contribution < 1.29 is 4.39 Å². The molecule has 1 aliphatic heterocycles. The number of rotatable bonds is 3. The largest absolute Gasteiger partial charge is 0.301 e. The summed E-state index contributed by atoms with van der Waals surface area (Å²) in [5, 5.41) is 0. The predicted octanol–water partition coefficient (Wildman–Crippen LogP) is 4.05. The van der Waals surface area contributed by atoms with Gasteiger partial charge in [-0.15, -0.1) is 0 Å². The quantitative estimate of drug-likeness (QED) is 0.781. The molecule has 0 saturated carbocycles. The average molecular weight is 249 g/mol. The average Bonchev–Trinajstić information content (AvgIpc) is 2.39. The van der Waals surface area contributed by atoms with Crippen LogP contribution >= 0.6 is 0 Å². The monoisotopic (exact) mass is 249 g/mol. The van der Waals surface area contributed by atoms with Crippen molar-refractivity contribution >= 4 is 0 Å². The Hall–Kier alpha value is -0.890. The molecule has 2 atom stereocenters. The van der Waals surface area contributed by atoms with E-state index in [1.54, 1.807) is 12.1 Å². The van der Waals surface area contributed by atoms with Gasteiger partial charge in [0, 0.05) is 12.6 Å². The van der Waals surface area contributed by atoms with Crippen molar-refractivity contribution in [3.05, 3.63) is 35.6 Å². The predicted molar refractivity (Wildman–Crippen MR) is 74.2 cm³/mol. The maximum Gasteiger partial charge on any atom is 0.123 e. The summed E-state index contributed by atoms with van der Waals surface area (Å²) >= 11 is 0. The number of benzene rings is 1. The summed E-state index contributed by atoms with van der Waals surface area (Å²) in [5.74, 6) is 1.17. The van der Waals surface area contributed by atoms with E-state index in [4.69, 9.17) is 0 Å². The van der Waals surface area contributed by atoms with Crippen molar-refractivity contribution in [2.24, 2.45) is 5.92 Å². The Balaban J connectivity index is 2.11. The van der Waals surface area contributed by atoms with Gasteiger partial charge in [0.1, 0.15) is 5.82 Å². The molecule has 0 spiro atoms. The molecular weight excluding hydrogens is 225 g/mol. The number of halogens is 1. The second kappa shape index (κ2) is 5.83. The first kappa shape index (κ1) is 13.5. The van der Waals surface area contributed by atoms with Crippen LogP contribution in [0.1, 0.15) is 45.1 Å². The third-order valence-electron chi connectivity index (χ3n) is 4.32. The molecule has 1 fully saturated rings. The van der Waals surface area contributed by atoms with Crippen LogP contribution in [-0.2, 0) is 0 Å². The SMILES string of the molecule is CCC1CN(C(C)C)CCC1c1ccc(F)cc1. The third-order valence-corrected chi connectivity index (χ3v) is 4.32. The van der Waals surface area contributed by atoms with Crippen molar-refractivity contribution in [3.63, 3.8) is 0 Å². The summed E-state index contributed by atoms with van der Waals surface area (Å²) < 4.78 is 13.0. The van der Waals surface area contributed by atoms with Crippen LogP contribution in [0, 0.1) is 11.7 Å². The third kappa shape index (κ3) is 2.92. The van der Waals surface area contributed by atoms with Crippen molar-refractivity contribution in [3.8, 4) is 0 Å². The fourth-order valence-electron chi connectivity index (χ4n) is 3.09. The van der Waals surface area contributed by atoms with E-state index in [2.05, 4.69) is 25.7 Å². The van der Waals surface area contributed by atoms with E-state index in [0.29, 0.717) is 17.9 Å². The molecule has 2 heteroatoms. The first-order valence-electron chi connectivity index (χ1n) is 7.11. The van der Waals surface area contributed by atoms with Gasteiger partial charge in [-0.3, -0.25) is 0 Å². The highest BCUT2D eigenvalue weighted by Gasteiger charge is 2.29. The summed E-state index contributed by atoms with van der Waals surface area (Å²) in [4.78, 5) is 2.56. The molecule has 2 unspecified atom stereocenters. The summed E-state index contributed by atoms with van der Waals surface area (Å²) in [6.07, 6.45) is 2.40. The topological polar surface area (TPSA) is 3.24 Å². The Kier molecular flexibility index (Phi) is 4.39. The molecule has 100 valence electrons. The maximum absolute atomic E-state index is 13.0. The van der Waals surface area contributed by atoms with Gasteiger partial charge in [0.05, 0.1) is 0 Å². The van der Waals surface area contributed by atoms with Crippen molar-refractivity contribution in [2.45, 2.75) is 45.6 Å². The Labute approximate surface area is 110 Å². The summed E-state index contributed by atoms with van der Waals surface area (Å²) in [6, 6.07) is 7.75. The first-order valence-corrected chi connectivity index (χ1v) is 7.11. The van der Waals surface area contributed by atoms with Crippen molar-refractivity contribution in [1.29, 1.82) is 0 Å². The zero-order valence-corrected chi connectivity index (χ0v) is 11.7. The number of nitrogens with zero attached hydrogens (tertiary/aromatic N) is 1. The van der Waals surface area contributed by atoms with E-state index in [9.17, 15) is 4.39 Å². The zero-order valence-electron chi connectivity index (χ0n) is 11.7. The molecular formula is C16H24FN. The smallest absolute Gasteiger partial charge is 0.123 e. The fraction of sp³-hybridized carbons (Fsp3) is 0.625. The molecule has 0 aromatic heterocycles. The Morgan fingerprint density at radius 2 is 1.94 bits per heavy atom. The van der Waals surface area contributed by atoms with E-state index in [-0.39, 0.29) is 5.82 Å². The van der Waals surface area contributed by atoms with Crippen LogP contribution in [0.25, 0.3) is 0 Å². The van der Waals surface area contributed by atoms with Crippen LogP contribution in [0.4, 0.5) is 4.39 Å². The van der Waals surface area contributed by atoms with Gasteiger partial charge in [-0.25, -0.2) is 4.39 Å². The molecule has 18 heavy (non-hydrogen) atoms. The molecule has 1 aromatic carbocycles.